The van der Waals surface area contributed by atoms with Crippen LogP contribution >= 0.6 is 0 Å². The highest BCUT2D eigenvalue weighted by Gasteiger charge is 2.75. The third-order valence-corrected chi connectivity index (χ3v) is 9.74. The number of aliphatic carboxylic acids is 2. The summed E-state index contributed by atoms with van der Waals surface area (Å²) in [6.07, 6.45) is 9.43. The van der Waals surface area contributed by atoms with Gasteiger partial charge < -0.3 is 29.9 Å². The molecule has 0 radical (unpaired) electrons. The van der Waals surface area contributed by atoms with Crippen molar-refractivity contribution in [2.45, 2.75) is 83.4 Å². The van der Waals surface area contributed by atoms with Gasteiger partial charge in [0.15, 0.2) is 23.5 Å². The standard InChI is InChI=1S/C25H34O6.C4H4O4/c1-4-5-21-30-20-11-17-16-7-6-14-10-15(27)8-9-23(14,2)22(16)18(28)12-24(17,3)25(20,31-21)19(29)13-26;5-3(6)1-2-4(7)8/h8-10,16-18,20-22,26,28H,4-7,11-13H2,1-3H3;1-2H,(H,5,6)(H,7,8)/b;2-1+/t16-,17-,18-,20+,21?,22+,23-,24-,25+;/m0./s1. The summed E-state index contributed by atoms with van der Waals surface area (Å²) in [7, 11) is 0. The van der Waals surface area contributed by atoms with E-state index in [4.69, 9.17) is 19.7 Å². The van der Waals surface area contributed by atoms with Crippen LogP contribution in [0.5, 0.6) is 0 Å². The van der Waals surface area contributed by atoms with E-state index in [0.29, 0.717) is 31.4 Å². The van der Waals surface area contributed by atoms with Crippen LogP contribution < -0.4 is 0 Å². The number of carboxylic acid groups (broad SMARTS) is 2. The average Bonchev–Trinajstić information content (AvgIpc) is 3.35. The molecule has 1 saturated heterocycles. The number of aliphatic hydroxyl groups excluding tert-OH is 2. The van der Waals surface area contributed by atoms with Crippen LogP contribution in [0.15, 0.2) is 36.0 Å². The Bertz CT molecular complexity index is 1110. The van der Waals surface area contributed by atoms with E-state index >= 15 is 0 Å². The molecule has 5 rings (SSSR count). The monoisotopic (exact) mass is 546 g/mol. The van der Waals surface area contributed by atoms with Crippen molar-refractivity contribution in [3.05, 3.63) is 36.0 Å². The van der Waals surface area contributed by atoms with Gasteiger partial charge in [-0.1, -0.05) is 38.8 Å². The van der Waals surface area contributed by atoms with Crippen LogP contribution in [0.2, 0.25) is 0 Å². The topological polar surface area (TPSA) is 168 Å². The molecule has 39 heavy (non-hydrogen) atoms. The maximum Gasteiger partial charge on any atom is 0.328 e. The Morgan fingerprint density at radius 3 is 2.41 bits per heavy atom. The quantitative estimate of drug-likeness (QED) is 0.363. The predicted molar refractivity (Wildman–Crippen MR) is 137 cm³/mol. The summed E-state index contributed by atoms with van der Waals surface area (Å²) in [5.41, 5.74) is -1.05. The van der Waals surface area contributed by atoms with E-state index in [1.807, 2.05) is 6.08 Å². The van der Waals surface area contributed by atoms with E-state index in [9.17, 15) is 29.4 Å². The van der Waals surface area contributed by atoms with Gasteiger partial charge in [-0.15, -0.1) is 0 Å². The minimum atomic E-state index is -1.26. The molecule has 0 aromatic heterocycles. The van der Waals surface area contributed by atoms with Crippen LogP contribution in [0.3, 0.4) is 0 Å². The minimum Gasteiger partial charge on any atom is -0.478 e. The molecule has 5 aliphatic rings. The van der Waals surface area contributed by atoms with Crippen molar-refractivity contribution < 1.29 is 49.1 Å². The van der Waals surface area contributed by atoms with Gasteiger partial charge in [0.1, 0.15) is 6.61 Å². The lowest BCUT2D eigenvalue weighted by molar-refractivity contribution is -0.200. The molecule has 1 unspecified atom stereocenters. The molecule has 0 aromatic rings. The van der Waals surface area contributed by atoms with Crippen molar-refractivity contribution >= 4 is 23.5 Å². The molecule has 1 aliphatic heterocycles. The summed E-state index contributed by atoms with van der Waals surface area (Å²) >= 11 is 0. The molecular weight excluding hydrogens is 508 g/mol. The number of carbonyl (C=O) groups excluding carboxylic acids is 2. The Morgan fingerprint density at radius 1 is 1.15 bits per heavy atom. The fourth-order valence-electron chi connectivity index (χ4n) is 8.27. The second-order valence-electron chi connectivity index (χ2n) is 11.7. The van der Waals surface area contributed by atoms with Crippen LogP contribution in [-0.2, 0) is 28.7 Å². The molecule has 214 valence electrons. The van der Waals surface area contributed by atoms with Gasteiger partial charge in [-0.3, -0.25) is 9.59 Å². The third kappa shape index (κ3) is 4.71. The predicted octanol–water partition coefficient (Wildman–Crippen LogP) is 2.43. The normalized spacial score (nSPS) is 42.0. The second kappa shape index (κ2) is 10.7. The molecule has 4 aliphatic carbocycles. The lowest BCUT2D eigenvalue weighted by Crippen LogP contribution is -2.63. The zero-order valence-electron chi connectivity index (χ0n) is 22.5. The number of Topliss-reactive ketones (excluding diaryl/α,β-unsaturated/α-hetero) is 1. The zero-order chi connectivity index (χ0) is 28.8. The van der Waals surface area contributed by atoms with Crippen LogP contribution in [0.1, 0.15) is 59.3 Å². The largest absolute Gasteiger partial charge is 0.478 e. The van der Waals surface area contributed by atoms with Gasteiger partial charge in [0.2, 0.25) is 0 Å². The number of hydrogen-bond donors (Lipinski definition) is 4. The van der Waals surface area contributed by atoms with Crippen molar-refractivity contribution in [3.8, 4) is 0 Å². The Labute approximate surface area is 227 Å². The number of allylic oxidation sites excluding steroid dienone is 4. The van der Waals surface area contributed by atoms with E-state index < -0.39 is 48.1 Å². The average molecular weight is 547 g/mol. The van der Waals surface area contributed by atoms with Gasteiger partial charge in [-0.05, 0) is 56.1 Å². The molecule has 4 N–H and O–H groups in total. The van der Waals surface area contributed by atoms with Gasteiger partial charge in [0.05, 0.1) is 12.2 Å². The summed E-state index contributed by atoms with van der Waals surface area (Å²) in [6.45, 7) is 5.67. The SMILES string of the molecule is CCCC1O[C@@H]2C[C@H]3[C@@H]4CCC5=CC(=O)C=C[C@]5(C)[C@H]4[C@@H](O)C[C@]3(C)[C@]2(C(=O)CO)O1.O=C(O)/C=C/C(=O)O. The number of aliphatic hydroxyl groups is 2. The number of carboxylic acids is 2. The van der Waals surface area contributed by atoms with E-state index in [1.54, 1.807) is 12.2 Å². The number of carbonyl (C=O) groups is 4. The lowest BCUT2D eigenvalue weighted by atomic mass is 9.46. The minimum absolute atomic E-state index is 0.0125. The third-order valence-electron chi connectivity index (χ3n) is 9.74. The van der Waals surface area contributed by atoms with Crippen molar-refractivity contribution in [1.82, 2.24) is 0 Å². The van der Waals surface area contributed by atoms with Crippen molar-refractivity contribution in [2.75, 3.05) is 6.61 Å². The van der Waals surface area contributed by atoms with Gasteiger partial charge in [-0.25, -0.2) is 9.59 Å². The summed E-state index contributed by atoms with van der Waals surface area (Å²) < 4.78 is 12.7. The van der Waals surface area contributed by atoms with Crippen molar-refractivity contribution in [1.29, 1.82) is 0 Å². The van der Waals surface area contributed by atoms with E-state index in [2.05, 4.69) is 20.8 Å². The van der Waals surface area contributed by atoms with Crippen molar-refractivity contribution in [3.63, 3.8) is 0 Å². The number of hydrogen-bond acceptors (Lipinski definition) is 8. The summed E-state index contributed by atoms with van der Waals surface area (Å²) in [5, 5.41) is 37.0. The highest BCUT2D eigenvalue weighted by atomic mass is 16.7. The van der Waals surface area contributed by atoms with E-state index in [0.717, 1.165) is 24.8 Å². The molecule has 0 bridgehead atoms. The molecule has 0 aromatic carbocycles. The highest BCUT2D eigenvalue weighted by molar-refractivity contribution is 6.01. The van der Waals surface area contributed by atoms with Crippen LogP contribution in [0.4, 0.5) is 0 Å². The molecule has 4 fully saturated rings. The highest BCUT2D eigenvalue weighted by Crippen LogP contribution is 2.69. The molecular formula is C29H38O10. The van der Waals surface area contributed by atoms with Crippen LogP contribution in [0, 0.1) is 28.6 Å². The van der Waals surface area contributed by atoms with Crippen LogP contribution in [-0.4, -0.2) is 74.6 Å². The fourth-order valence-corrected chi connectivity index (χ4v) is 8.27. The maximum absolute atomic E-state index is 13.2. The van der Waals surface area contributed by atoms with Gasteiger partial charge in [0.25, 0.3) is 0 Å². The second-order valence-corrected chi connectivity index (χ2v) is 11.7. The molecule has 10 nitrogen and oxygen atoms in total. The molecule has 0 amide bonds. The smallest absolute Gasteiger partial charge is 0.328 e. The Kier molecular flexibility index (Phi) is 8.06. The summed E-state index contributed by atoms with van der Waals surface area (Å²) in [5.74, 6) is -2.49. The molecule has 0 spiro atoms. The summed E-state index contributed by atoms with van der Waals surface area (Å²) in [6, 6.07) is 0. The first-order valence-corrected chi connectivity index (χ1v) is 13.6. The van der Waals surface area contributed by atoms with Gasteiger partial charge in [-0.2, -0.15) is 0 Å². The zero-order valence-corrected chi connectivity index (χ0v) is 22.5. The summed E-state index contributed by atoms with van der Waals surface area (Å²) in [4.78, 5) is 44.3. The molecule has 9 atom stereocenters. The first-order chi connectivity index (χ1) is 18.3. The fraction of sp³-hybridized carbons (Fsp3) is 0.655. The lowest BCUT2D eigenvalue weighted by Gasteiger charge is -2.59. The molecule has 3 saturated carbocycles. The van der Waals surface area contributed by atoms with Gasteiger partial charge >= 0.3 is 11.9 Å². The van der Waals surface area contributed by atoms with Crippen LogP contribution in [0.25, 0.3) is 0 Å². The number of ether oxygens (including phenoxy) is 2. The number of ketones is 2. The van der Waals surface area contributed by atoms with E-state index in [1.165, 1.54) is 0 Å². The Morgan fingerprint density at radius 2 is 1.82 bits per heavy atom. The van der Waals surface area contributed by atoms with E-state index in [-0.39, 0.29) is 34.7 Å². The number of fused-ring (bicyclic) bond motifs is 7. The van der Waals surface area contributed by atoms with Gasteiger partial charge in [0, 0.05) is 28.9 Å². The maximum atomic E-state index is 13.2. The first-order valence-electron chi connectivity index (χ1n) is 13.6. The molecule has 10 heteroatoms. The van der Waals surface area contributed by atoms with Crippen molar-refractivity contribution in [2.24, 2.45) is 28.6 Å². The Hall–Kier alpha value is -2.66. The molecule has 1 heterocycles. The first kappa shape index (κ1) is 29.3. The number of rotatable bonds is 6. The Balaban J connectivity index is 0.000000386.